The normalized spacial score (nSPS) is 11.1. The van der Waals surface area contributed by atoms with Crippen LogP contribution < -0.4 is 9.62 Å². The summed E-state index contributed by atoms with van der Waals surface area (Å²) < 4.78 is 41.0. The fourth-order valence-electron chi connectivity index (χ4n) is 3.40. The molecule has 0 aliphatic heterocycles. The lowest BCUT2D eigenvalue weighted by Crippen LogP contribution is -2.29. The van der Waals surface area contributed by atoms with E-state index in [4.69, 9.17) is 10.4 Å². The lowest BCUT2D eigenvalue weighted by atomic mass is 10.0. The summed E-state index contributed by atoms with van der Waals surface area (Å²) in [5.41, 5.74) is 2.67. The van der Waals surface area contributed by atoms with Crippen LogP contribution in [-0.2, 0) is 21.4 Å². The van der Waals surface area contributed by atoms with E-state index in [9.17, 15) is 17.6 Å². The molecule has 1 amide bonds. The van der Waals surface area contributed by atoms with Gasteiger partial charge in [-0.05, 0) is 47.0 Å². The first-order valence-corrected chi connectivity index (χ1v) is 12.1. The van der Waals surface area contributed by atoms with Gasteiger partial charge in [-0.1, -0.05) is 43.3 Å². The predicted molar refractivity (Wildman–Crippen MR) is 127 cm³/mol. The highest BCUT2D eigenvalue weighted by molar-refractivity contribution is 7.89. The van der Waals surface area contributed by atoms with E-state index in [1.54, 1.807) is 31.2 Å². The fraction of sp³-hybridized carbons (Fsp3) is 0.200. The third-order valence-corrected chi connectivity index (χ3v) is 6.56. The molecule has 0 saturated carbocycles. The van der Waals surface area contributed by atoms with E-state index >= 15 is 0 Å². The summed E-state index contributed by atoms with van der Waals surface area (Å²) in [4.78, 5) is 14.1. The van der Waals surface area contributed by atoms with Gasteiger partial charge < -0.3 is 10.0 Å². The summed E-state index contributed by atoms with van der Waals surface area (Å²) in [6.45, 7) is 1.51. The van der Waals surface area contributed by atoms with Crippen LogP contribution in [0.25, 0.3) is 11.1 Å². The predicted octanol–water partition coefficient (Wildman–Crippen LogP) is 3.58. The zero-order valence-electron chi connectivity index (χ0n) is 18.5. The second-order valence-corrected chi connectivity index (χ2v) is 9.26. The largest absolute Gasteiger partial charge is 0.395 e. The number of carbonyl (C=O) groups is 1. The number of carbonyl (C=O) groups excluding carboxylic acids is 1. The molecule has 0 atom stereocenters. The second-order valence-electron chi connectivity index (χ2n) is 7.49. The highest BCUT2D eigenvalue weighted by atomic mass is 32.2. The molecule has 34 heavy (non-hydrogen) atoms. The summed E-state index contributed by atoms with van der Waals surface area (Å²) in [5.74, 6) is -0.812. The van der Waals surface area contributed by atoms with Crippen molar-refractivity contribution in [3.63, 3.8) is 0 Å². The molecule has 3 aromatic rings. The maximum Gasteiger partial charge on any atom is 0.240 e. The minimum absolute atomic E-state index is 0.0740. The molecule has 0 aliphatic rings. The SMILES string of the molecule is CCC(=O)N(Cc1ccc(-c2cccc(S(=O)(=O)NCCO)c2)cc1)c1cc(F)cc(C#N)c1. The molecule has 0 unspecified atom stereocenters. The van der Waals surface area contributed by atoms with Crippen molar-refractivity contribution < 1.29 is 22.7 Å². The van der Waals surface area contributed by atoms with Crippen molar-refractivity contribution in [2.75, 3.05) is 18.1 Å². The van der Waals surface area contributed by atoms with Crippen molar-refractivity contribution >= 4 is 21.6 Å². The molecular weight excluding hydrogens is 457 g/mol. The number of nitriles is 1. The van der Waals surface area contributed by atoms with Crippen molar-refractivity contribution in [2.45, 2.75) is 24.8 Å². The van der Waals surface area contributed by atoms with Gasteiger partial charge >= 0.3 is 0 Å². The number of halogens is 1. The van der Waals surface area contributed by atoms with Crippen molar-refractivity contribution in [3.05, 3.63) is 83.7 Å². The monoisotopic (exact) mass is 481 g/mol. The van der Waals surface area contributed by atoms with Gasteiger partial charge in [0.05, 0.1) is 29.7 Å². The zero-order valence-corrected chi connectivity index (χ0v) is 19.3. The Bertz CT molecular complexity index is 1320. The van der Waals surface area contributed by atoms with Crippen LogP contribution in [0.3, 0.4) is 0 Å². The average Bonchev–Trinajstić information content (AvgIpc) is 2.85. The number of hydrogen-bond donors (Lipinski definition) is 2. The number of aliphatic hydroxyl groups is 1. The minimum atomic E-state index is -3.74. The number of amides is 1. The van der Waals surface area contributed by atoms with E-state index in [-0.39, 0.29) is 42.5 Å². The highest BCUT2D eigenvalue weighted by Gasteiger charge is 2.17. The number of rotatable bonds is 9. The lowest BCUT2D eigenvalue weighted by Gasteiger charge is -2.23. The van der Waals surface area contributed by atoms with Crippen LogP contribution in [0.4, 0.5) is 10.1 Å². The lowest BCUT2D eigenvalue weighted by molar-refractivity contribution is -0.118. The molecule has 176 valence electrons. The standard InChI is InChI=1S/C25H24FN3O4S/c1-2-25(31)29(23-13-19(16-27)12-22(26)15-23)17-18-6-8-20(9-7-18)21-4-3-5-24(14-21)34(32,33)28-10-11-30/h3-9,12-15,28,30H,2,10-11,17H2,1H3. The van der Waals surface area contributed by atoms with E-state index in [1.807, 2.05) is 18.2 Å². The fourth-order valence-corrected chi connectivity index (χ4v) is 4.47. The molecular formula is C25H24FN3O4S. The molecule has 0 aromatic heterocycles. The smallest absolute Gasteiger partial charge is 0.240 e. The van der Waals surface area contributed by atoms with E-state index in [1.165, 1.54) is 29.2 Å². The minimum Gasteiger partial charge on any atom is -0.395 e. The van der Waals surface area contributed by atoms with Crippen LogP contribution in [0.5, 0.6) is 0 Å². The van der Waals surface area contributed by atoms with E-state index < -0.39 is 15.8 Å². The topological polar surface area (TPSA) is 110 Å². The summed E-state index contributed by atoms with van der Waals surface area (Å²) in [6, 6.07) is 19.4. The Hall–Kier alpha value is -3.58. The van der Waals surface area contributed by atoms with Gasteiger partial charge in [0.25, 0.3) is 0 Å². The maximum absolute atomic E-state index is 14.0. The number of sulfonamides is 1. The molecule has 0 fully saturated rings. The molecule has 2 N–H and O–H groups in total. The molecule has 0 saturated heterocycles. The van der Waals surface area contributed by atoms with Crippen molar-refractivity contribution in [2.24, 2.45) is 0 Å². The number of aliphatic hydroxyl groups excluding tert-OH is 1. The van der Waals surface area contributed by atoms with Crippen LogP contribution in [0.1, 0.15) is 24.5 Å². The van der Waals surface area contributed by atoms with Crippen LogP contribution in [0, 0.1) is 17.1 Å². The van der Waals surface area contributed by atoms with Gasteiger partial charge in [-0.25, -0.2) is 17.5 Å². The van der Waals surface area contributed by atoms with Gasteiger partial charge in [0.1, 0.15) is 5.82 Å². The summed E-state index contributed by atoms with van der Waals surface area (Å²) in [7, 11) is -3.74. The molecule has 0 spiro atoms. The zero-order chi connectivity index (χ0) is 24.7. The molecule has 3 aromatic carbocycles. The number of anilines is 1. The van der Waals surface area contributed by atoms with Crippen LogP contribution in [0.2, 0.25) is 0 Å². The van der Waals surface area contributed by atoms with Gasteiger partial charge in [0.15, 0.2) is 0 Å². The third-order valence-electron chi connectivity index (χ3n) is 5.10. The summed E-state index contributed by atoms with van der Waals surface area (Å²) >= 11 is 0. The van der Waals surface area contributed by atoms with Crippen molar-refractivity contribution in [3.8, 4) is 17.2 Å². The van der Waals surface area contributed by atoms with E-state index in [0.717, 1.165) is 17.2 Å². The highest BCUT2D eigenvalue weighted by Crippen LogP contribution is 2.25. The summed E-state index contributed by atoms with van der Waals surface area (Å²) in [6.07, 6.45) is 0.210. The molecule has 0 bridgehead atoms. The van der Waals surface area contributed by atoms with Crippen LogP contribution >= 0.6 is 0 Å². The number of hydrogen-bond acceptors (Lipinski definition) is 5. The van der Waals surface area contributed by atoms with Gasteiger partial charge in [-0.2, -0.15) is 5.26 Å². The average molecular weight is 482 g/mol. The third kappa shape index (κ3) is 6.05. The van der Waals surface area contributed by atoms with E-state index in [2.05, 4.69) is 4.72 Å². The van der Waals surface area contributed by atoms with Crippen molar-refractivity contribution in [1.82, 2.24) is 4.72 Å². The molecule has 0 radical (unpaired) electrons. The van der Waals surface area contributed by atoms with Gasteiger partial charge in [0.2, 0.25) is 15.9 Å². The van der Waals surface area contributed by atoms with Gasteiger partial charge in [0, 0.05) is 18.7 Å². The Kier molecular flexibility index (Phi) is 8.12. The number of nitrogens with one attached hydrogen (secondary N) is 1. The Labute approximate surface area is 198 Å². The number of benzene rings is 3. The summed E-state index contributed by atoms with van der Waals surface area (Å²) in [5, 5.41) is 18.0. The first-order valence-electron chi connectivity index (χ1n) is 10.6. The quantitative estimate of drug-likeness (QED) is 0.485. The Morgan fingerprint density at radius 3 is 2.47 bits per heavy atom. The second kappa shape index (κ2) is 11.0. The van der Waals surface area contributed by atoms with Crippen LogP contribution in [0.15, 0.2) is 71.6 Å². The Balaban J connectivity index is 1.86. The molecule has 0 heterocycles. The Morgan fingerprint density at radius 2 is 1.82 bits per heavy atom. The van der Waals surface area contributed by atoms with E-state index in [0.29, 0.717) is 11.3 Å². The molecule has 9 heteroatoms. The molecule has 3 rings (SSSR count). The molecule has 0 aliphatic carbocycles. The van der Waals surface area contributed by atoms with Crippen molar-refractivity contribution in [1.29, 1.82) is 5.26 Å². The first-order chi connectivity index (χ1) is 16.3. The first kappa shape index (κ1) is 25.1. The molecule has 7 nitrogen and oxygen atoms in total. The maximum atomic E-state index is 14.0. The van der Waals surface area contributed by atoms with Gasteiger partial charge in [-0.15, -0.1) is 0 Å². The van der Waals surface area contributed by atoms with Gasteiger partial charge in [-0.3, -0.25) is 4.79 Å². The van der Waals surface area contributed by atoms with Crippen LogP contribution in [-0.4, -0.2) is 32.6 Å². The number of nitrogens with zero attached hydrogens (tertiary/aromatic N) is 2. The Morgan fingerprint density at radius 1 is 1.09 bits per heavy atom.